The molecule has 0 unspecified atom stereocenters. The zero-order chi connectivity index (χ0) is 9.26. The molecule has 0 saturated carbocycles. The van der Waals surface area contributed by atoms with Crippen LogP contribution in [0.25, 0.3) is 0 Å². The maximum atomic E-state index is 8.58. The van der Waals surface area contributed by atoms with E-state index in [0.29, 0.717) is 0 Å². The smallest absolute Gasteiger partial charge is 0.204 e. The summed E-state index contributed by atoms with van der Waals surface area (Å²) >= 11 is 0. The Bertz CT molecular complexity index is 141. The van der Waals surface area contributed by atoms with Gasteiger partial charge in [-0.15, -0.1) is 0 Å². The Kier molecular flexibility index (Phi) is 2.45. The Morgan fingerprint density at radius 3 is 1.08 bits per heavy atom. The van der Waals surface area contributed by atoms with Crippen LogP contribution in [0.4, 0.5) is 0 Å². The van der Waals surface area contributed by atoms with Crippen molar-refractivity contribution in [3.8, 4) is 0 Å². The first-order valence-corrected chi connectivity index (χ1v) is 4.36. The standard InChI is InChI=1S/C6H12N4.CH3NO/c1-7-2-9-4-8(1)5-10(3-7)6-9;2-1-3/h1-6H2;1H,(H2,2,3). The summed E-state index contributed by atoms with van der Waals surface area (Å²) in [6.07, 6.45) is 0.250. The van der Waals surface area contributed by atoms with Gasteiger partial charge in [0.15, 0.2) is 0 Å². The van der Waals surface area contributed by atoms with E-state index in [0.717, 1.165) is 0 Å². The summed E-state index contributed by atoms with van der Waals surface area (Å²) in [5, 5.41) is 0. The molecule has 2 N–H and O–H groups in total. The van der Waals surface area contributed by atoms with Crippen molar-refractivity contribution in [2.75, 3.05) is 40.0 Å². The van der Waals surface area contributed by atoms with E-state index in [1.807, 2.05) is 0 Å². The van der Waals surface area contributed by atoms with Crippen LogP contribution < -0.4 is 5.73 Å². The van der Waals surface area contributed by atoms with Gasteiger partial charge >= 0.3 is 0 Å². The van der Waals surface area contributed by atoms with Crippen LogP contribution in [0.5, 0.6) is 0 Å². The third-order valence-electron chi connectivity index (χ3n) is 2.40. The number of amides is 1. The van der Waals surface area contributed by atoms with E-state index < -0.39 is 0 Å². The number of rotatable bonds is 0. The second-order valence-electron chi connectivity index (χ2n) is 3.67. The van der Waals surface area contributed by atoms with Crippen LogP contribution in [0, 0.1) is 0 Å². The molecule has 0 radical (unpaired) electrons. The average molecular weight is 185 g/mol. The molecule has 4 aliphatic heterocycles. The highest BCUT2D eigenvalue weighted by Gasteiger charge is 2.36. The van der Waals surface area contributed by atoms with Crippen molar-refractivity contribution in [2.24, 2.45) is 5.73 Å². The number of hydrogen-bond donors (Lipinski definition) is 1. The lowest BCUT2D eigenvalue weighted by molar-refractivity contribution is -0.194. The van der Waals surface area contributed by atoms with Crippen molar-refractivity contribution in [3.05, 3.63) is 0 Å². The molecule has 0 spiro atoms. The Morgan fingerprint density at radius 2 is 0.923 bits per heavy atom. The monoisotopic (exact) mass is 185 g/mol. The molecule has 0 atom stereocenters. The first-order valence-electron chi connectivity index (χ1n) is 4.36. The molecule has 0 aromatic carbocycles. The average Bonchev–Trinajstić information content (AvgIpc) is 2.01. The van der Waals surface area contributed by atoms with Crippen molar-refractivity contribution in [2.45, 2.75) is 0 Å². The number of primary amides is 1. The first-order chi connectivity index (χ1) is 6.31. The summed E-state index contributed by atoms with van der Waals surface area (Å²) in [5.41, 5.74) is 4.17. The number of hydrogen-bond acceptors (Lipinski definition) is 5. The van der Waals surface area contributed by atoms with Gasteiger partial charge in [0, 0.05) is 0 Å². The largest absolute Gasteiger partial charge is 0.372 e. The van der Waals surface area contributed by atoms with Gasteiger partial charge in [-0.05, 0) is 0 Å². The SMILES string of the molecule is C1N2CN3CN1CN(C2)C3.NC=O. The Labute approximate surface area is 77.5 Å². The van der Waals surface area contributed by atoms with E-state index in [1.54, 1.807) is 0 Å². The summed E-state index contributed by atoms with van der Waals surface area (Å²) in [6, 6.07) is 0. The van der Waals surface area contributed by atoms with E-state index in [-0.39, 0.29) is 6.41 Å². The molecule has 6 heteroatoms. The second-order valence-corrected chi connectivity index (χ2v) is 3.67. The molecule has 0 aliphatic carbocycles. The molecule has 13 heavy (non-hydrogen) atoms. The van der Waals surface area contributed by atoms with Gasteiger partial charge in [0.1, 0.15) is 0 Å². The summed E-state index contributed by atoms with van der Waals surface area (Å²) in [4.78, 5) is 18.5. The van der Waals surface area contributed by atoms with Crippen LogP contribution in [-0.4, -0.2) is 66.0 Å². The summed E-state index contributed by atoms with van der Waals surface area (Å²) < 4.78 is 0. The van der Waals surface area contributed by atoms with Crippen molar-refractivity contribution < 1.29 is 4.79 Å². The number of carbonyl (C=O) groups excluding carboxylic acids is 1. The topological polar surface area (TPSA) is 56.1 Å². The third kappa shape index (κ3) is 1.80. The van der Waals surface area contributed by atoms with Gasteiger partial charge in [-0.1, -0.05) is 0 Å². The zero-order valence-corrected chi connectivity index (χ0v) is 7.59. The summed E-state index contributed by atoms with van der Waals surface area (Å²) in [5.74, 6) is 0. The third-order valence-corrected chi connectivity index (χ3v) is 2.40. The van der Waals surface area contributed by atoms with Crippen LogP contribution in [-0.2, 0) is 4.79 Å². The fraction of sp³-hybridized carbons (Fsp3) is 0.857. The van der Waals surface area contributed by atoms with E-state index >= 15 is 0 Å². The fourth-order valence-electron chi connectivity index (χ4n) is 2.23. The van der Waals surface area contributed by atoms with Gasteiger partial charge in [-0.3, -0.25) is 24.4 Å². The van der Waals surface area contributed by atoms with Gasteiger partial charge in [-0.2, -0.15) is 0 Å². The number of nitrogens with zero attached hydrogens (tertiary/aromatic N) is 4. The molecule has 4 aliphatic rings. The minimum atomic E-state index is 0.250. The maximum absolute atomic E-state index is 8.58. The highest BCUT2D eigenvalue weighted by atomic mass is 16.1. The van der Waals surface area contributed by atoms with E-state index in [9.17, 15) is 0 Å². The molecule has 4 saturated heterocycles. The van der Waals surface area contributed by atoms with Crippen LogP contribution in [0.15, 0.2) is 0 Å². The zero-order valence-electron chi connectivity index (χ0n) is 7.59. The lowest BCUT2D eigenvalue weighted by atomic mass is 10.4. The molecular weight excluding hydrogens is 170 g/mol. The first kappa shape index (κ1) is 8.89. The molecule has 1 amide bonds. The Balaban J connectivity index is 0.000000196. The molecule has 6 nitrogen and oxygen atoms in total. The minimum absolute atomic E-state index is 0.250. The lowest BCUT2D eigenvalue weighted by Gasteiger charge is -2.56. The lowest BCUT2D eigenvalue weighted by Crippen LogP contribution is -2.71. The number of nitrogens with two attached hydrogens (primary N) is 1. The Hall–Kier alpha value is -0.690. The quantitative estimate of drug-likeness (QED) is 0.446. The summed E-state index contributed by atoms with van der Waals surface area (Å²) in [6.45, 7) is 7.12. The van der Waals surface area contributed by atoms with Crippen LogP contribution in [0.2, 0.25) is 0 Å². The summed E-state index contributed by atoms with van der Waals surface area (Å²) in [7, 11) is 0. The number of carbonyl (C=O) groups is 1. The Morgan fingerprint density at radius 1 is 0.769 bits per heavy atom. The predicted octanol–water partition coefficient (Wildman–Crippen LogP) is -1.92. The molecule has 4 rings (SSSR count). The molecule has 4 bridgehead atoms. The fourth-order valence-corrected chi connectivity index (χ4v) is 2.23. The van der Waals surface area contributed by atoms with Gasteiger partial charge in [-0.25, -0.2) is 0 Å². The van der Waals surface area contributed by atoms with Gasteiger partial charge < -0.3 is 5.73 Å². The van der Waals surface area contributed by atoms with E-state index in [4.69, 9.17) is 4.79 Å². The van der Waals surface area contributed by atoms with Gasteiger partial charge in [0.2, 0.25) is 6.41 Å². The molecular formula is C7H15N5O. The van der Waals surface area contributed by atoms with Crippen LogP contribution >= 0.6 is 0 Å². The van der Waals surface area contributed by atoms with E-state index in [2.05, 4.69) is 25.3 Å². The molecule has 4 heterocycles. The van der Waals surface area contributed by atoms with Crippen molar-refractivity contribution >= 4 is 6.41 Å². The van der Waals surface area contributed by atoms with Crippen LogP contribution in [0.3, 0.4) is 0 Å². The normalized spacial score (nSPS) is 45.2. The minimum Gasteiger partial charge on any atom is -0.372 e. The van der Waals surface area contributed by atoms with Gasteiger partial charge in [0.05, 0.1) is 40.0 Å². The molecule has 4 fully saturated rings. The maximum Gasteiger partial charge on any atom is 0.204 e. The van der Waals surface area contributed by atoms with Crippen molar-refractivity contribution in [1.29, 1.82) is 0 Å². The molecule has 0 aromatic heterocycles. The highest BCUT2D eigenvalue weighted by Crippen LogP contribution is 2.20. The van der Waals surface area contributed by atoms with Crippen LogP contribution in [0.1, 0.15) is 0 Å². The second kappa shape index (κ2) is 3.59. The van der Waals surface area contributed by atoms with E-state index in [1.165, 1.54) is 40.0 Å². The van der Waals surface area contributed by atoms with Crippen molar-refractivity contribution in [3.63, 3.8) is 0 Å². The van der Waals surface area contributed by atoms with Crippen molar-refractivity contribution in [1.82, 2.24) is 19.6 Å². The van der Waals surface area contributed by atoms with Gasteiger partial charge in [0.25, 0.3) is 0 Å². The molecule has 0 aromatic rings. The highest BCUT2D eigenvalue weighted by molar-refractivity contribution is 5.42. The predicted molar refractivity (Wildman–Crippen MR) is 46.8 cm³/mol. The molecule has 74 valence electrons.